The average molecular weight is 438 g/mol. The monoisotopic (exact) mass is 437 g/mol. The van der Waals surface area contributed by atoms with Crippen molar-refractivity contribution in [3.05, 3.63) is 76.8 Å². The van der Waals surface area contributed by atoms with E-state index >= 15 is 0 Å². The smallest absolute Gasteiger partial charge is 0.246 e. The summed E-state index contributed by atoms with van der Waals surface area (Å²) in [5.41, 5.74) is 1.96. The van der Waals surface area contributed by atoms with Crippen LogP contribution in [0.4, 0.5) is 0 Å². The minimum absolute atomic E-state index is 0.0448. The Morgan fingerprint density at radius 1 is 1.06 bits per heavy atom. The number of rotatable bonds is 6. The Hall–Kier alpha value is -2.63. The summed E-state index contributed by atoms with van der Waals surface area (Å²) in [6.45, 7) is 0.840. The molecule has 0 aromatic heterocycles. The molecule has 2 aromatic rings. The van der Waals surface area contributed by atoms with E-state index in [0.29, 0.717) is 18.1 Å². The van der Waals surface area contributed by atoms with Gasteiger partial charge in [0.05, 0.1) is 18.6 Å². The molecule has 3 atom stereocenters. The number of carbonyl (C=O) groups excluding carboxylic acids is 2. The zero-order valence-corrected chi connectivity index (χ0v) is 18.2. The highest BCUT2D eigenvalue weighted by molar-refractivity contribution is 6.30. The van der Waals surface area contributed by atoms with Gasteiger partial charge in [-0.05, 0) is 42.2 Å². The molecular weight excluding hydrogens is 410 g/mol. The summed E-state index contributed by atoms with van der Waals surface area (Å²) in [6, 6.07) is 17.4. The van der Waals surface area contributed by atoms with Gasteiger partial charge in [0, 0.05) is 23.7 Å². The van der Waals surface area contributed by atoms with Gasteiger partial charge in [-0.3, -0.25) is 14.9 Å². The van der Waals surface area contributed by atoms with Crippen LogP contribution in [-0.4, -0.2) is 35.5 Å². The number of amides is 2. The molecule has 0 bridgehead atoms. The summed E-state index contributed by atoms with van der Waals surface area (Å²) in [7, 11) is 0. The predicted molar refractivity (Wildman–Crippen MR) is 123 cm³/mol. The van der Waals surface area contributed by atoms with E-state index in [2.05, 4.69) is 10.6 Å². The first-order valence-corrected chi connectivity index (χ1v) is 11.3. The van der Waals surface area contributed by atoms with E-state index in [0.717, 1.165) is 36.8 Å². The SMILES string of the molecule is O=C1NC(CN(Cc2ccc(Cl)cc2)C(=O)/C=C/c2ccccc2)NC2CCCCC12. The number of fused-ring (bicyclic) bond motifs is 1. The maximum atomic E-state index is 13.1. The molecule has 1 saturated heterocycles. The third kappa shape index (κ3) is 5.75. The molecule has 2 aliphatic rings. The fourth-order valence-electron chi connectivity index (χ4n) is 4.42. The van der Waals surface area contributed by atoms with Crippen molar-refractivity contribution in [3.63, 3.8) is 0 Å². The summed E-state index contributed by atoms with van der Waals surface area (Å²) in [5.74, 6) is 0.0520. The van der Waals surface area contributed by atoms with Crippen LogP contribution in [-0.2, 0) is 16.1 Å². The van der Waals surface area contributed by atoms with Crippen LogP contribution in [0.2, 0.25) is 5.02 Å². The third-order valence-electron chi connectivity index (χ3n) is 6.05. The van der Waals surface area contributed by atoms with Crippen molar-refractivity contribution in [2.45, 2.75) is 44.4 Å². The molecule has 0 radical (unpaired) electrons. The molecule has 5 nitrogen and oxygen atoms in total. The molecule has 31 heavy (non-hydrogen) atoms. The molecule has 2 N–H and O–H groups in total. The van der Waals surface area contributed by atoms with Gasteiger partial charge in [-0.1, -0.05) is 66.9 Å². The topological polar surface area (TPSA) is 61.4 Å². The Morgan fingerprint density at radius 2 is 1.81 bits per heavy atom. The van der Waals surface area contributed by atoms with Gasteiger partial charge in [-0.2, -0.15) is 0 Å². The fraction of sp³-hybridized carbons (Fsp3) is 0.360. The second-order valence-corrected chi connectivity index (χ2v) is 8.75. The van der Waals surface area contributed by atoms with Gasteiger partial charge in [-0.25, -0.2) is 0 Å². The van der Waals surface area contributed by atoms with Gasteiger partial charge in [0.15, 0.2) is 0 Å². The Labute approximate surface area is 188 Å². The summed E-state index contributed by atoms with van der Waals surface area (Å²) in [6.07, 6.45) is 7.35. The van der Waals surface area contributed by atoms with Crippen LogP contribution in [0.5, 0.6) is 0 Å². The fourth-order valence-corrected chi connectivity index (χ4v) is 4.55. The number of nitrogens with one attached hydrogen (secondary N) is 2. The lowest BCUT2D eigenvalue weighted by Crippen LogP contribution is -2.65. The van der Waals surface area contributed by atoms with Gasteiger partial charge in [0.2, 0.25) is 11.8 Å². The van der Waals surface area contributed by atoms with Crippen LogP contribution < -0.4 is 10.6 Å². The first kappa shape index (κ1) is 21.6. The Balaban J connectivity index is 1.48. The highest BCUT2D eigenvalue weighted by Gasteiger charge is 2.38. The van der Waals surface area contributed by atoms with E-state index in [1.165, 1.54) is 0 Å². The highest BCUT2D eigenvalue weighted by atomic mass is 35.5. The van der Waals surface area contributed by atoms with E-state index in [9.17, 15) is 9.59 Å². The molecule has 3 unspecified atom stereocenters. The van der Waals surface area contributed by atoms with E-state index in [-0.39, 0.29) is 29.9 Å². The molecule has 6 heteroatoms. The first-order chi connectivity index (χ1) is 15.1. The number of halogens is 1. The van der Waals surface area contributed by atoms with E-state index < -0.39 is 0 Å². The van der Waals surface area contributed by atoms with Gasteiger partial charge >= 0.3 is 0 Å². The van der Waals surface area contributed by atoms with Crippen molar-refractivity contribution in [1.29, 1.82) is 0 Å². The summed E-state index contributed by atoms with van der Waals surface area (Å²) in [4.78, 5) is 27.5. The molecular formula is C25H28ClN3O2. The van der Waals surface area contributed by atoms with E-state index in [1.54, 1.807) is 11.0 Å². The van der Waals surface area contributed by atoms with Crippen LogP contribution in [0.25, 0.3) is 6.08 Å². The van der Waals surface area contributed by atoms with Gasteiger partial charge in [0.25, 0.3) is 0 Å². The largest absolute Gasteiger partial charge is 0.339 e. The molecule has 4 rings (SSSR count). The number of hydrogen-bond donors (Lipinski definition) is 2. The lowest BCUT2D eigenvalue weighted by Gasteiger charge is -2.41. The first-order valence-electron chi connectivity index (χ1n) is 10.9. The van der Waals surface area contributed by atoms with Crippen molar-refractivity contribution in [1.82, 2.24) is 15.5 Å². The van der Waals surface area contributed by atoms with Crippen molar-refractivity contribution in [3.8, 4) is 0 Å². The Bertz CT molecular complexity index is 930. The predicted octanol–water partition coefficient (Wildman–Crippen LogP) is 3.99. The Morgan fingerprint density at radius 3 is 2.58 bits per heavy atom. The number of benzene rings is 2. The number of hydrogen-bond acceptors (Lipinski definition) is 3. The van der Waals surface area contributed by atoms with Crippen LogP contribution >= 0.6 is 11.6 Å². The third-order valence-corrected chi connectivity index (χ3v) is 6.31. The standard InChI is InChI=1S/C25H28ClN3O2/c26-20-13-10-19(11-14-20)16-29(24(30)15-12-18-6-2-1-3-7-18)17-23-27-22-9-5-4-8-21(22)25(31)28-23/h1-3,6-7,10-15,21-23,27H,4-5,8-9,16-17H2,(H,28,31)/b15-12+. The van der Waals surface area contributed by atoms with Gasteiger partial charge in [-0.15, -0.1) is 0 Å². The molecule has 1 aliphatic heterocycles. The second-order valence-electron chi connectivity index (χ2n) is 8.31. The van der Waals surface area contributed by atoms with E-state index in [1.807, 2.05) is 60.7 Å². The van der Waals surface area contributed by atoms with Crippen LogP contribution in [0.15, 0.2) is 60.7 Å². The molecule has 2 fully saturated rings. The maximum Gasteiger partial charge on any atom is 0.246 e. The molecule has 2 amide bonds. The lowest BCUT2D eigenvalue weighted by molar-refractivity contribution is -0.133. The normalized spacial score (nSPS) is 23.3. The zero-order chi connectivity index (χ0) is 21.6. The molecule has 1 heterocycles. The minimum atomic E-state index is -0.256. The van der Waals surface area contributed by atoms with E-state index in [4.69, 9.17) is 11.6 Å². The lowest BCUT2D eigenvalue weighted by atomic mass is 9.82. The number of carbonyl (C=O) groups is 2. The molecule has 1 saturated carbocycles. The average Bonchev–Trinajstić information content (AvgIpc) is 2.79. The summed E-state index contributed by atoms with van der Waals surface area (Å²) >= 11 is 6.02. The highest BCUT2D eigenvalue weighted by Crippen LogP contribution is 2.27. The minimum Gasteiger partial charge on any atom is -0.339 e. The van der Waals surface area contributed by atoms with Crippen molar-refractivity contribution >= 4 is 29.5 Å². The second kappa shape index (κ2) is 10.1. The zero-order valence-electron chi connectivity index (χ0n) is 17.5. The molecule has 162 valence electrons. The Kier molecular flexibility index (Phi) is 7.05. The van der Waals surface area contributed by atoms with Gasteiger partial charge in [0.1, 0.15) is 0 Å². The van der Waals surface area contributed by atoms with Crippen molar-refractivity contribution in [2.24, 2.45) is 5.92 Å². The summed E-state index contributed by atoms with van der Waals surface area (Å²) in [5, 5.41) is 7.31. The van der Waals surface area contributed by atoms with Crippen LogP contribution in [0.1, 0.15) is 36.8 Å². The van der Waals surface area contributed by atoms with Crippen LogP contribution in [0.3, 0.4) is 0 Å². The van der Waals surface area contributed by atoms with Gasteiger partial charge < -0.3 is 10.2 Å². The van der Waals surface area contributed by atoms with Crippen LogP contribution in [0, 0.1) is 5.92 Å². The molecule has 0 spiro atoms. The summed E-state index contributed by atoms with van der Waals surface area (Å²) < 4.78 is 0. The van der Waals surface area contributed by atoms with Crippen molar-refractivity contribution < 1.29 is 9.59 Å². The quantitative estimate of drug-likeness (QED) is 0.672. The van der Waals surface area contributed by atoms with Crippen molar-refractivity contribution in [2.75, 3.05) is 6.54 Å². The molecule has 1 aliphatic carbocycles. The molecule has 2 aromatic carbocycles. The maximum absolute atomic E-state index is 13.1. The number of nitrogens with zero attached hydrogens (tertiary/aromatic N) is 1.